The molecular formula is C12H21FN2. The molecule has 0 aliphatic rings. The average molecular weight is 212 g/mol. The van der Waals surface area contributed by atoms with Gasteiger partial charge in [-0.2, -0.15) is 5.10 Å². The summed E-state index contributed by atoms with van der Waals surface area (Å²) in [6, 6.07) is 0. The maximum absolute atomic E-state index is 13.5. The van der Waals surface area contributed by atoms with Gasteiger partial charge in [0.1, 0.15) is 5.67 Å². The molecule has 86 valence electrons. The minimum absolute atomic E-state index is 0.0722. The van der Waals surface area contributed by atoms with Crippen molar-refractivity contribution in [2.24, 2.45) is 0 Å². The molecule has 0 amide bonds. The summed E-state index contributed by atoms with van der Waals surface area (Å²) in [7, 11) is 0. The van der Waals surface area contributed by atoms with Crippen molar-refractivity contribution in [1.82, 2.24) is 9.78 Å². The van der Waals surface area contributed by atoms with Crippen molar-refractivity contribution in [2.75, 3.05) is 0 Å². The van der Waals surface area contributed by atoms with Crippen LogP contribution >= 0.6 is 0 Å². The summed E-state index contributed by atoms with van der Waals surface area (Å²) in [6.07, 6.45) is 1.96. The van der Waals surface area contributed by atoms with Gasteiger partial charge in [0.05, 0.1) is 12.2 Å². The molecule has 0 saturated heterocycles. The molecule has 0 spiro atoms. The molecule has 1 aromatic heterocycles. The zero-order valence-corrected chi connectivity index (χ0v) is 10.6. The Balaban J connectivity index is 2.97. The van der Waals surface area contributed by atoms with Crippen molar-refractivity contribution < 1.29 is 4.39 Å². The van der Waals surface area contributed by atoms with E-state index in [0.717, 1.165) is 5.69 Å². The highest BCUT2D eigenvalue weighted by atomic mass is 19.1. The molecule has 0 aromatic carbocycles. The van der Waals surface area contributed by atoms with E-state index in [2.05, 4.69) is 25.9 Å². The smallest absolute Gasteiger partial charge is 0.124 e. The van der Waals surface area contributed by atoms with Crippen molar-refractivity contribution in [3.05, 3.63) is 17.5 Å². The van der Waals surface area contributed by atoms with Gasteiger partial charge in [-0.25, -0.2) is 4.39 Å². The van der Waals surface area contributed by atoms with Gasteiger partial charge in [0, 0.05) is 6.20 Å². The largest absolute Gasteiger partial charge is 0.269 e. The third-order valence-electron chi connectivity index (χ3n) is 2.29. The minimum Gasteiger partial charge on any atom is -0.269 e. The third kappa shape index (κ3) is 3.33. The van der Waals surface area contributed by atoms with E-state index in [0.29, 0.717) is 6.54 Å². The van der Waals surface area contributed by atoms with E-state index in [1.54, 1.807) is 18.5 Å². The average Bonchev–Trinajstić information content (AvgIpc) is 2.25. The van der Waals surface area contributed by atoms with Crippen LogP contribution in [0.25, 0.3) is 0 Å². The van der Waals surface area contributed by atoms with E-state index in [4.69, 9.17) is 0 Å². The number of aryl methyl sites for hydroxylation is 1. The fourth-order valence-corrected chi connectivity index (χ4v) is 1.72. The van der Waals surface area contributed by atoms with Gasteiger partial charge in [0.25, 0.3) is 0 Å². The SMILES string of the molecule is Cc1nn(CC(C)(C)F)cc1C(C)(C)C. The second-order valence-corrected chi connectivity index (χ2v) is 5.79. The lowest BCUT2D eigenvalue weighted by molar-refractivity contribution is 0.179. The zero-order chi connectivity index (χ0) is 11.9. The predicted octanol–water partition coefficient (Wildman–Crippen LogP) is 3.24. The molecule has 1 rings (SSSR count). The normalized spacial score (nSPS) is 13.3. The Labute approximate surface area is 91.5 Å². The van der Waals surface area contributed by atoms with Crippen LogP contribution in [0.1, 0.15) is 45.9 Å². The topological polar surface area (TPSA) is 17.8 Å². The van der Waals surface area contributed by atoms with Gasteiger partial charge >= 0.3 is 0 Å². The number of aromatic nitrogens is 2. The van der Waals surface area contributed by atoms with E-state index >= 15 is 0 Å². The second-order valence-electron chi connectivity index (χ2n) is 5.79. The van der Waals surface area contributed by atoms with Crippen molar-refractivity contribution >= 4 is 0 Å². The van der Waals surface area contributed by atoms with E-state index < -0.39 is 5.67 Å². The second kappa shape index (κ2) is 3.62. The monoisotopic (exact) mass is 212 g/mol. The third-order valence-corrected chi connectivity index (χ3v) is 2.29. The summed E-state index contributed by atoms with van der Waals surface area (Å²) in [4.78, 5) is 0. The van der Waals surface area contributed by atoms with Gasteiger partial charge in [0.2, 0.25) is 0 Å². The minimum atomic E-state index is -1.21. The molecule has 1 heterocycles. The number of hydrogen-bond acceptors (Lipinski definition) is 1. The summed E-state index contributed by atoms with van der Waals surface area (Å²) in [5, 5.41) is 4.34. The Bertz CT molecular complexity index is 339. The van der Waals surface area contributed by atoms with Gasteiger partial charge < -0.3 is 0 Å². The molecule has 1 aromatic rings. The van der Waals surface area contributed by atoms with Gasteiger partial charge in [-0.05, 0) is 31.7 Å². The maximum Gasteiger partial charge on any atom is 0.124 e. The van der Waals surface area contributed by atoms with Gasteiger partial charge in [-0.15, -0.1) is 0 Å². The molecule has 0 aliphatic heterocycles. The number of hydrogen-bond donors (Lipinski definition) is 0. The molecule has 0 atom stereocenters. The van der Waals surface area contributed by atoms with Crippen LogP contribution in [0, 0.1) is 6.92 Å². The van der Waals surface area contributed by atoms with E-state index in [-0.39, 0.29) is 5.41 Å². The first kappa shape index (κ1) is 12.2. The first-order chi connectivity index (χ1) is 6.59. The molecule has 2 nitrogen and oxygen atoms in total. The van der Waals surface area contributed by atoms with Gasteiger partial charge in [-0.1, -0.05) is 20.8 Å². The quantitative estimate of drug-likeness (QED) is 0.736. The van der Waals surface area contributed by atoms with Gasteiger partial charge in [-0.3, -0.25) is 4.68 Å². The van der Waals surface area contributed by atoms with Crippen LogP contribution in [0.5, 0.6) is 0 Å². The van der Waals surface area contributed by atoms with E-state index in [9.17, 15) is 4.39 Å². The highest BCUT2D eigenvalue weighted by Gasteiger charge is 2.22. The van der Waals surface area contributed by atoms with Crippen molar-refractivity contribution in [3.8, 4) is 0 Å². The first-order valence-corrected chi connectivity index (χ1v) is 5.33. The fraction of sp³-hybridized carbons (Fsp3) is 0.750. The summed E-state index contributed by atoms with van der Waals surface area (Å²) in [5.41, 5.74) is 1.04. The highest BCUT2D eigenvalue weighted by molar-refractivity contribution is 5.23. The summed E-state index contributed by atoms with van der Waals surface area (Å²) in [5.74, 6) is 0. The predicted molar refractivity (Wildman–Crippen MR) is 60.9 cm³/mol. The number of alkyl halides is 1. The van der Waals surface area contributed by atoms with E-state index in [1.165, 1.54) is 5.56 Å². The highest BCUT2D eigenvalue weighted by Crippen LogP contribution is 2.25. The molecule has 0 unspecified atom stereocenters. The van der Waals surface area contributed by atoms with Crippen LogP contribution < -0.4 is 0 Å². The van der Waals surface area contributed by atoms with Crippen molar-refractivity contribution in [3.63, 3.8) is 0 Å². The number of halogens is 1. The Kier molecular flexibility index (Phi) is 2.94. The van der Waals surface area contributed by atoms with Crippen molar-refractivity contribution in [1.29, 1.82) is 0 Å². The maximum atomic E-state index is 13.5. The molecule has 0 aliphatic carbocycles. The number of nitrogens with zero attached hydrogens (tertiary/aromatic N) is 2. The van der Waals surface area contributed by atoms with Crippen LogP contribution in [0.4, 0.5) is 4.39 Å². The summed E-state index contributed by atoms with van der Waals surface area (Å²) in [6.45, 7) is 11.8. The molecule has 15 heavy (non-hydrogen) atoms. The Morgan fingerprint density at radius 2 is 1.80 bits per heavy atom. The number of rotatable bonds is 2. The lowest BCUT2D eigenvalue weighted by atomic mass is 9.88. The molecular weight excluding hydrogens is 191 g/mol. The van der Waals surface area contributed by atoms with Gasteiger partial charge in [0.15, 0.2) is 0 Å². The van der Waals surface area contributed by atoms with Crippen LogP contribution in [0.15, 0.2) is 6.20 Å². The van der Waals surface area contributed by atoms with Crippen LogP contribution in [0.2, 0.25) is 0 Å². The molecule has 0 N–H and O–H groups in total. The first-order valence-electron chi connectivity index (χ1n) is 5.33. The molecule has 0 bridgehead atoms. The van der Waals surface area contributed by atoms with Crippen molar-refractivity contribution in [2.45, 2.75) is 59.2 Å². The standard InChI is InChI=1S/C12H21FN2/c1-9-10(11(2,3)4)7-15(14-9)8-12(5,6)13/h7H,8H2,1-6H3. The summed E-state index contributed by atoms with van der Waals surface area (Å²) < 4.78 is 15.2. The van der Waals surface area contributed by atoms with Crippen LogP contribution in [-0.4, -0.2) is 15.4 Å². The Hall–Kier alpha value is -0.860. The summed E-state index contributed by atoms with van der Waals surface area (Å²) >= 11 is 0. The van der Waals surface area contributed by atoms with Crippen LogP contribution in [-0.2, 0) is 12.0 Å². The lowest BCUT2D eigenvalue weighted by Gasteiger charge is -2.17. The molecule has 0 radical (unpaired) electrons. The zero-order valence-electron chi connectivity index (χ0n) is 10.6. The Morgan fingerprint density at radius 3 is 2.13 bits per heavy atom. The molecule has 3 heteroatoms. The van der Waals surface area contributed by atoms with E-state index in [1.807, 2.05) is 13.1 Å². The molecule has 0 fully saturated rings. The fourth-order valence-electron chi connectivity index (χ4n) is 1.72. The molecule has 0 saturated carbocycles. The van der Waals surface area contributed by atoms with Crippen LogP contribution in [0.3, 0.4) is 0 Å². The Morgan fingerprint density at radius 1 is 1.27 bits per heavy atom. The lowest BCUT2D eigenvalue weighted by Crippen LogP contribution is -2.21.